The van der Waals surface area contributed by atoms with Gasteiger partial charge in [-0.15, -0.1) is 0 Å². The van der Waals surface area contributed by atoms with E-state index in [9.17, 15) is 14.4 Å². The number of nitrogens with one attached hydrogen (secondary N) is 1. The van der Waals surface area contributed by atoms with Crippen LogP contribution in [0.25, 0.3) is 10.8 Å². The van der Waals surface area contributed by atoms with E-state index in [0.29, 0.717) is 23.1 Å². The Morgan fingerprint density at radius 2 is 1.65 bits per heavy atom. The molecule has 3 rings (SSSR count). The summed E-state index contributed by atoms with van der Waals surface area (Å²) in [5, 5.41) is 4.33. The summed E-state index contributed by atoms with van der Waals surface area (Å²) in [6.45, 7) is 2.66. The topological polar surface area (TPSA) is 66.5 Å². The van der Waals surface area contributed by atoms with Crippen LogP contribution in [0, 0.1) is 0 Å². The highest BCUT2D eigenvalue weighted by Gasteiger charge is 2.32. The van der Waals surface area contributed by atoms with Gasteiger partial charge in [-0.1, -0.05) is 31.2 Å². The van der Waals surface area contributed by atoms with Crippen molar-refractivity contribution in [1.29, 1.82) is 0 Å². The first kappa shape index (κ1) is 15.2. The molecule has 0 bridgehead atoms. The summed E-state index contributed by atoms with van der Waals surface area (Å²) < 4.78 is 0. The van der Waals surface area contributed by atoms with Gasteiger partial charge in [-0.25, -0.2) is 0 Å². The van der Waals surface area contributed by atoms with E-state index in [4.69, 9.17) is 0 Å². The van der Waals surface area contributed by atoms with E-state index in [2.05, 4.69) is 5.32 Å². The number of rotatable bonds is 5. The molecule has 0 fully saturated rings. The van der Waals surface area contributed by atoms with Crippen molar-refractivity contribution in [1.82, 2.24) is 10.2 Å². The first-order chi connectivity index (χ1) is 11.1. The van der Waals surface area contributed by atoms with E-state index in [0.717, 1.165) is 11.8 Å². The van der Waals surface area contributed by atoms with Gasteiger partial charge in [-0.3, -0.25) is 19.3 Å². The molecule has 23 heavy (non-hydrogen) atoms. The molecule has 0 aromatic heterocycles. The largest absolute Gasteiger partial charge is 0.356 e. The molecule has 118 valence electrons. The Morgan fingerprint density at radius 3 is 2.22 bits per heavy atom. The van der Waals surface area contributed by atoms with Crippen LogP contribution in [-0.4, -0.2) is 35.7 Å². The highest BCUT2D eigenvalue weighted by atomic mass is 16.2. The molecule has 0 aliphatic carbocycles. The molecule has 0 saturated carbocycles. The van der Waals surface area contributed by atoms with Gasteiger partial charge in [0.05, 0.1) is 0 Å². The zero-order chi connectivity index (χ0) is 16.4. The van der Waals surface area contributed by atoms with Crippen LogP contribution in [-0.2, 0) is 4.79 Å². The van der Waals surface area contributed by atoms with Crippen molar-refractivity contribution in [2.45, 2.75) is 19.8 Å². The molecule has 5 heteroatoms. The van der Waals surface area contributed by atoms with Gasteiger partial charge in [0.1, 0.15) is 0 Å². The van der Waals surface area contributed by atoms with Gasteiger partial charge in [0.25, 0.3) is 11.8 Å². The van der Waals surface area contributed by atoms with Gasteiger partial charge in [-0.2, -0.15) is 0 Å². The molecule has 1 aliphatic heterocycles. The van der Waals surface area contributed by atoms with E-state index in [1.54, 1.807) is 24.3 Å². The Labute approximate surface area is 134 Å². The zero-order valence-corrected chi connectivity index (χ0v) is 13.0. The Balaban J connectivity index is 1.87. The molecule has 0 atom stereocenters. The molecular weight excluding hydrogens is 292 g/mol. The average Bonchev–Trinajstić information content (AvgIpc) is 2.57. The molecule has 0 unspecified atom stereocenters. The van der Waals surface area contributed by atoms with Crippen LogP contribution >= 0.6 is 0 Å². The molecular formula is C18H18N2O3. The second-order valence-electron chi connectivity index (χ2n) is 5.57. The van der Waals surface area contributed by atoms with Crippen molar-refractivity contribution < 1.29 is 14.4 Å². The predicted octanol–water partition coefficient (Wildman–Crippen LogP) is 2.35. The second-order valence-corrected chi connectivity index (χ2v) is 5.57. The van der Waals surface area contributed by atoms with Crippen molar-refractivity contribution in [2.24, 2.45) is 0 Å². The third-order valence-corrected chi connectivity index (χ3v) is 3.99. The average molecular weight is 310 g/mol. The third kappa shape index (κ3) is 2.70. The lowest BCUT2D eigenvalue weighted by Gasteiger charge is -2.27. The summed E-state index contributed by atoms with van der Waals surface area (Å²) in [6, 6.07) is 10.8. The summed E-state index contributed by atoms with van der Waals surface area (Å²) >= 11 is 0. The van der Waals surface area contributed by atoms with E-state index < -0.39 is 0 Å². The Morgan fingerprint density at radius 1 is 1.04 bits per heavy atom. The second kappa shape index (κ2) is 6.20. The summed E-state index contributed by atoms with van der Waals surface area (Å²) in [4.78, 5) is 38.1. The van der Waals surface area contributed by atoms with Crippen LogP contribution in [0.5, 0.6) is 0 Å². The predicted molar refractivity (Wildman–Crippen MR) is 87.2 cm³/mol. The maximum atomic E-state index is 12.6. The van der Waals surface area contributed by atoms with Crippen molar-refractivity contribution in [3.8, 4) is 0 Å². The fourth-order valence-corrected chi connectivity index (χ4v) is 2.85. The molecule has 0 saturated heterocycles. The van der Waals surface area contributed by atoms with Gasteiger partial charge in [-0.05, 0) is 23.9 Å². The minimum Gasteiger partial charge on any atom is -0.356 e. The number of imide groups is 1. The van der Waals surface area contributed by atoms with Gasteiger partial charge >= 0.3 is 0 Å². The van der Waals surface area contributed by atoms with Crippen molar-refractivity contribution in [3.63, 3.8) is 0 Å². The number of carbonyl (C=O) groups excluding carboxylic acids is 3. The van der Waals surface area contributed by atoms with Crippen LogP contribution in [0.4, 0.5) is 0 Å². The molecule has 5 nitrogen and oxygen atoms in total. The molecule has 1 aliphatic rings. The van der Waals surface area contributed by atoms with Crippen molar-refractivity contribution in [2.75, 3.05) is 13.1 Å². The lowest BCUT2D eigenvalue weighted by Crippen LogP contribution is -2.42. The molecule has 3 amide bonds. The van der Waals surface area contributed by atoms with Crippen LogP contribution in [0.2, 0.25) is 0 Å². The summed E-state index contributed by atoms with van der Waals surface area (Å²) in [5.74, 6) is -0.810. The normalized spacial score (nSPS) is 13.5. The lowest BCUT2D eigenvalue weighted by atomic mass is 9.94. The minimum atomic E-state index is -0.331. The first-order valence-electron chi connectivity index (χ1n) is 7.78. The summed E-state index contributed by atoms with van der Waals surface area (Å²) in [6.07, 6.45) is 0.971. The highest BCUT2D eigenvalue weighted by molar-refractivity contribution is 6.25. The van der Waals surface area contributed by atoms with Gasteiger partial charge < -0.3 is 5.32 Å². The van der Waals surface area contributed by atoms with Gasteiger partial charge in [0, 0.05) is 36.0 Å². The van der Waals surface area contributed by atoms with Crippen LogP contribution in [0.3, 0.4) is 0 Å². The van der Waals surface area contributed by atoms with Crippen LogP contribution in [0.15, 0.2) is 36.4 Å². The molecule has 2 aromatic carbocycles. The lowest BCUT2D eigenvalue weighted by molar-refractivity contribution is -0.121. The highest BCUT2D eigenvalue weighted by Crippen LogP contribution is 2.29. The van der Waals surface area contributed by atoms with Crippen molar-refractivity contribution >= 4 is 28.5 Å². The van der Waals surface area contributed by atoms with Gasteiger partial charge in [0.2, 0.25) is 5.91 Å². The quantitative estimate of drug-likeness (QED) is 0.862. The Hall–Kier alpha value is -2.69. The monoisotopic (exact) mass is 310 g/mol. The fourth-order valence-electron chi connectivity index (χ4n) is 2.85. The summed E-state index contributed by atoms with van der Waals surface area (Å²) in [5.41, 5.74) is 1.04. The number of hydrogen-bond donors (Lipinski definition) is 1. The first-order valence-corrected chi connectivity index (χ1v) is 7.78. The van der Waals surface area contributed by atoms with Crippen LogP contribution < -0.4 is 5.32 Å². The van der Waals surface area contributed by atoms with Crippen LogP contribution in [0.1, 0.15) is 40.5 Å². The molecule has 0 spiro atoms. The van der Waals surface area contributed by atoms with E-state index in [1.807, 2.05) is 19.1 Å². The number of hydrogen-bond acceptors (Lipinski definition) is 3. The maximum absolute atomic E-state index is 12.6. The third-order valence-electron chi connectivity index (χ3n) is 3.99. The molecule has 1 N–H and O–H groups in total. The smallest absolute Gasteiger partial charge is 0.261 e. The Kier molecular flexibility index (Phi) is 4.10. The minimum absolute atomic E-state index is 0.0952. The number of nitrogens with zero attached hydrogens (tertiary/aromatic N) is 1. The standard InChI is InChI=1S/C18H18N2O3/c1-2-10-19-15(21)9-11-20-17(22)13-7-3-5-12-6-4-8-14(16(12)13)18(20)23/h3-8H,2,9-11H2,1H3,(H,19,21). The molecule has 1 heterocycles. The molecule has 0 radical (unpaired) electrons. The van der Waals surface area contributed by atoms with Crippen molar-refractivity contribution in [3.05, 3.63) is 47.5 Å². The van der Waals surface area contributed by atoms with E-state index >= 15 is 0 Å². The van der Waals surface area contributed by atoms with E-state index in [-0.39, 0.29) is 30.7 Å². The fraction of sp³-hybridized carbons (Fsp3) is 0.278. The maximum Gasteiger partial charge on any atom is 0.261 e. The zero-order valence-electron chi connectivity index (χ0n) is 13.0. The number of benzene rings is 2. The SMILES string of the molecule is CCCNC(=O)CCN1C(=O)c2cccc3cccc(c23)C1=O. The number of amides is 3. The Bertz CT molecular complexity index is 747. The summed E-state index contributed by atoms with van der Waals surface area (Å²) in [7, 11) is 0. The number of carbonyl (C=O) groups is 3. The van der Waals surface area contributed by atoms with E-state index in [1.165, 1.54) is 4.90 Å². The molecule has 2 aromatic rings. The van der Waals surface area contributed by atoms with Gasteiger partial charge in [0.15, 0.2) is 0 Å².